The highest BCUT2D eigenvalue weighted by atomic mass is 35.5. The van der Waals surface area contributed by atoms with Crippen LogP contribution in [0.5, 0.6) is 0 Å². The number of rotatable bonds is 8. The van der Waals surface area contributed by atoms with Gasteiger partial charge in [0.25, 0.3) is 5.69 Å². The minimum atomic E-state index is -4.15. The Morgan fingerprint density at radius 1 is 1.19 bits per heavy atom. The van der Waals surface area contributed by atoms with E-state index in [9.17, 15) is 28.4 Å². The molecule has 0 spiro atoms. The zero-order valence-corrected chi connectivity index (χ0v) is 16.0. The number of nitro benzene ring substituents is 1. The fourth-order valence-corrected chi connectivity index (χ4v) is 4.01. The van der Waals surface area contributed by atoms with Crippen LogP contribution < -0.4 is 4.72 Å². The van der Waals surface area contributed by atoms with Gasteiger partial charge in [-0.1, -0.05) is 35.3 Å². The fraction of sp³-hybridized carbons (Fsp3) is 0.188. The molecular formula is C16H14Cl2N2O6S. The third-order valence-corrected chi connectivity index (χ3v) is 5.84. The molecule has 0 saturated heterocycles. The molecule has 2 N–H and O–H groups in total. The number of hydrogen-bond acceptors (Lipinski definition) is 5. The van der Waals surface area contributed by atoms with Crippen LogP contribution in [-0.4, -0.2) is 31.0 Å². The Hall–Kier alpha value is -2.20. The maximum atomic E-state index is 12.4. The predicted octanol–water partition coefficient (Wildman–Crippen LogP) is 3.12. The second kappa shape index (κ2) is 8.66. The summed E-state index contributed by atoms with van der Waals surface area (Å²) in [6.45, 7) is -0.381. The lowest BCUT2D eigenvalue weighted by Crippen LogP contribution is -2.34. The molecule has 0 saturated carbocycles. The average molecular weight is 433 g/mol. The van der Waals surface area contributed by atoms with Gasteiger partial charge in [0.15, 0.2) is 0 Å². The lowest BCUT2D eigenvalue weighted by atomic mass is 10.00. The van der Waals surface area contributed by atoms with E-state index in [1.807, 2.05) is 0 Å². The molecule has 0 aliphatic carbocycles. The summed E-state index contributed by atoms with van der Waals surface area (Å²) in [5.41, 5.74) is 0.324. The van der Waals surface area contributed by atoms with Crippen LogP contribution in [0.1, 0.15) is 5.56 Å². The number of halogens is 2. The number of aliphatic carboxylic acids is 1. The molecule has 0 heterocycles. The minimum Gasteiger partial charge on any atom is -0.481 e. The third kappa shape index (κ3) is 5.64. The fourth-order valence-electron chi connectivity index (χ4n) is 2.26. The van der Waals surface area contributed by atoms with E-state index in [4.69, 9.17) is 23.2 Å². The molecule has 27 heavy (non-hydrogen) atoms. The van der Waals surface area contributed by atoms with Crippen molar-refractivity contribution < 1.29 is 23.2 Å². The number of benzene rings is 2. The molecule has 0 amide bonds. The van der Waals surface area contributed by atoms with Crippen LogP contribution in [-0.2, 0) is 21.2 Å². The summed E-state index contributed by atoms with van der Waals surface area (Å²) in [5.74, 6) is -2.21. The molecule has 0 aliphatic rings. The molecule has 144 valence electrons. The smallest absolute Gasteiger partial charge is 0.308 e. The van der Waals surface area contributed by atoms with Crippen molar-refractivity contribution in [1.82, 2.24) is 4.72 Å². The number of non-ortho nitro benzene ring substituents is 1. The van der Waals surface area contributed by atoms with Crippen molar-refractivity contribution in [3.63, 3.8) is 0 Å². The van der Waals surface area contributed by atoms with Crippen molar-refractivity contribution >= 4 is 44.9 Å². The van der Waals surface area contributed by atoms with Gasteiger partial charge in [-0.15, -0.1) is 0 Å². The Bertz CT molecular complexity index is 963. The second-order valence-electron chi connectivity index (χ2n) is 5.59. The van der Waals surface area contributed by atoms with Crippen molar-refractivity contribution in [3.8, 4) is 0 Å². The molecular weight excluding hydrogens is 419 g/mol. The lowest BCUT2D eigenvalue weighted by Gasteiger charge is -2.14. The van der Waals surface area contributed by atoms with E-state index in [2.05, 4.69) is 4.72 Å². The van der Waals surface area contributed by atoms with Gasteiger partial charge in [0.05, 0.1) is 15.9 Å². The normalized spacial score (nSPS) is 12.5. The first kappa shape index (κ1) is 21.1. The molecule has 1 unspecified atom stereocenters. The van der Waals surface area contributed by atoms with Gasteiger partial charge < -0.3 is 5.11 Å². The Morgan fingerprint density at radius 3 is 2.33 bits per heavy atom. The Morgan fingerprint density at radius 2 is 1.81 bits per heavy atom. The highest BCUT2D eigenvalue weighted by molar-refractivity contribution is 7.89. The van der Waals surface area contributed by atoms with Crippen molar-refractivity contribution in [2.75, 3.05) is 6.54 Å². The Labute approximate surface area is 164 Å². The summed E-state index contributed by atoms with van der Waals surface area (Å²) in [6.07, 6.45) is 0.0863. The second-order valence-corrected chi connectivity index (χ2v) is 8.17. The molecule has 8 nitrogen and oxygen atoms in total. The maximum absolute atomic E-state index is 12.4. The molecule has 2 aromatic carbocycles. The summed E-state index contributed by atoms with van der Waals surface area (Å²) in [5, 5.41) is 20.2. The Kier molecular flexibility index (Phi) is 6.77. The molecule has 0 radical (unpaired) electrons. The predicted molar refractivity (Wildman–Crippen MR) is 99.6 cm³/mol. The molecule has 2 rings (SSSR count). The summed E-state index contributed by atoms with van der Waals surface area (Å²) < 4.78 is 27.0. The van der Waals surface area contributed by atoms with Gasteiger partial charge in [-0.25, -0.2) is 13.1 Å². The van der Waals surface area contributed by atoms with E-state index >= 15 is 0 Å². The van der Waals surface area contributed by atoms with Crippen LogP contribution in [0.15, 0.2) is 47.4 Å². The number of carboxylic acids is 1. The van der Waals surface area contributed by atoms with Gasteiger partial charge in [0.2, 0.25) is 10.0 Å². The molecule has 0 aliphatic heterocycles. The van der Waals surface area contributed by atoms with Crippen molar-refractivity contribution in [2.45, 2.75) is 11.3 Å². The highest BCUT2D eigenvalue weighted by Gasteiger charge is 2.24. The van der Waals surface area contributed by atoms with Gasteiger partial charge in [-0.3, -0.25) is 14.9 Å². The molecule has 0 bridgehead atoms. The van der Waals surface area contributed by atoms with Gasteiger partial charge in [0.1, 0.15) is 4.90 Å². The number of carboxylic acid groups (broad SMARTS) is 1. The third-order valence-electron chi connectivity index (χ3n) is 3.68. The van der Waals surface area contributed by atoms with E-state index in [1.54, 1.807) is 24.3 Å². The number of nitrogens with zero attached hydrogens (tertiary/aromatic N) is 1. The monoisotopic (exact) mass is 432 g/mol. The summed E-state index contributed by atoms with van der Waals surface area (Å²) in [4.78, 5) is 21.1. The van der Waals surface area contributed by atoms with Crippen LogP contribution in [0.4, 0.5) is 5.69 Å². The first-order valence-electron chi connectivity index (χ1n) is 7.51. The van der Waals surface area contributed by atoms with E-state index in [0.717, 1.165) is 18.2 Å². The van der Waals surface area contributed by atoms with Crippen LogP contribution >= 0.6 is 23.2 Å². The number of sulfonamides is 1. The summed E-state index contributed by atoms with van der Waals surface area (Å²) >= 11 is 11.6. The van der Waals surface area contributed by atoms with Crippen LogP contribution in [0.2, 0.25) is 10.0 Å². The average Bonchev–Trinajstić information content (AvgIpc) is 2.59. The van der Waals surface area contributed by atoms with Gasteiger partial charge >= 0.3 is 5.97 Å². The van der Waals surface area contributed by atoms with Crippen LogP contribution in [0.3, 0.4) is 0 Å². The van der Waals surface area contributed by atoms with Gasteiger partial charge in [0, 0.05) is 23.7 Å². The summed E-state index contributed by atoms with van der Waals surface area (Å²) in [7, 11) is -4.15. The molecule has 2 aromatic rings. The SMILES string of the molecule is O=C(O)C(CNS(=O)(=O)c1ccc([N+](=O)[O-])cc1Cl)Cc1ccc(Cl)cc1. The van der Waals surface area contributed by atoms with Crippen molar-refractivity contribution in [1.29, 1.82) is 0 Å². The zero-order chi connectivity index (χ0) is 20.2. The minimum absolute atomic E-state index is 0.0863. The lowest BCUT2D eigenvalue weighted by molar-refractivity contribution is -0.384. The zero-order valence-electron chi connectivity index (χ0n) is 13.6. The topological polar surface area (TPSA) is 127 Å². The van der Waals surface area contributed by atoms with Crippen molar-refractivity contribution in [2.24, 2.45) is 5.92 Å². The molecule has 0 fully saturated rings. The molecule has 1 atom stereocenters. The molecule has 0 aromatic heterocycles. The van der Waals surface area contributed by atoms with Crippen molar-refractivity contribution in [3.05, 3.63) is 68.2 Å². The standard InChI is InChI=1S/C16H14Cl2N2O6S/c17-12-3-1-10(2-4-12)7-11(16(21)22)9-19-27(25,26)15-6-5-13(20(23)24)8-14(15)18/h1-6,8,11,19H,7,9H2,(H,21,22). The number of nitrogens with one attached hydrogen (secondary N) is 1. The van der Waals surface area contributed by atoms with Crippen LogP contribution in [0.25, 0.3) is 0 Å². The summed E-state index contributed by atoms with van der Waals surface area (Å²) in [6, 6.07) is 9.44. The van der Waals surface area contributed by atoms with E-state index in [0.29, 0.717) is 10.6 Å². The number of carbonyl (C=O) groups is 1. The largest absolute Gasteiger partial charge is 0.481 e. The maximum Gasteiger partial charge on any atom is 0.308 e. The first-order valence-corrected chi connectivity index (χ1v) is 9.75. The number of nitro groups is 1. The quantitative estimate of drug-likeness (QED) is 0.487. The van der Waals surface area contributed by atoms with Gasteiger partial charge in [-0.05, 0) is 30.2 Å². The number of hydrogen-bond donors (Lipinski definition) is 2. The Balaban J connectivity index is 2.14. The van der Waals surface area contributed by atoms with Crippen LogP contribution in [0, 0.1) is 16.0 Å². The van der Waals surface area contributed by atoms with E-state index in [1.165, 1.54) is 0 Å². The highest BCUT2D eigenvalue weighted by Crippen LogP contribution is 2.26. The first-order chi connectivity index (χ1) is 12.6. The van der Waals surface area contributed by atoms with Gasteiger partial charge in [-0.2, -0.15) is 0 Å². The molecule has 11 heteroatoms. The van der Waals surface area contributed by atoms with E-state index in [-0.39, 0.29) is 28.6 Å². The van der Waals surface area contributed by atoms with E-state index < -0.39 is 26.8 Å².